The zero-order valence-corrected chi connectivity index (χ0v) is 12.2. The van der Waals surface area contributed by atoms with Crippen molar-refractivity contribution in [1.82, 2.24) is 4.98 Å². The van der Waals surface area contributed by atoms with Crippen molar-refractivity contribution < 1.29 is 0 Å². The second-order valence-electron chi connectivity index (χ2n) is 4.75. The van der Waals surface area contributed by atoms with Crippen LogP contribution in [0.15, 0.2) is 79.0 Å². The van der Waals surface area contributed by atoms with Crippen molar-refractivity contribution in [2.45, 2.75) is 6.04 Å². The number of hydrogen-bond acceptors (Lipinski definition) is 2. The van der Waals surface area contributed by atoms with Gasteiger partial charge in [-0.05, 0) is 42.0 Å². The van der Waals surface area contributed by atoms with Crippen LogP contribution in [0.4, 0.5) is 5.69 Å². The first-order valence-electron chi connectivity index (χ1n) is 6.81. The Bertz CT molecular complexity index is 642. The number of rotatable bonds is 4. The first-order valence-corrected chi connectivity index (χ1v) is 7.19. The van der Waals surface area contributed by atoms with Gasteiger partial charge in [-0.15, -0.1) is 0 Å². The van der Waals surface area contributed by atoms with E-state index >= 15 is 0 Å². The van der Waals surface area contributed by atoms with Crippen LogP contribution in [0.25, 0.3) is 0 Å². The van der Waals surface area contributed by atoms with Crippen molar-refractivity contribution in [2.75, 3.05) is 5.32 Å². The van der Waals surface area contributed by atoms with E-state index in [0.29, 0.717) is 0 Å². The maximum absolute atomic E-state index is 5.94. The van der Waals surface area contributed by atoms with Gasteiger partial charge in [0.05, 0.1) is 11.7 Å². The average Bonchev–Trinajstić information content (AvgIpc) is 2.56. The molecule has 0 bridgehead atoms. The fourth-order valence-corrected chi connectivity index (χ4v) is 2.36. The summed E-state index contributed by atoms with van der Waals surface area (Å²) in [6.07, 6.45) is 1.81. The number of aromatic nitrogens is 1. The van der Waals surface area contributed by atoms with Gasteiger partial charge < -0.3 is 5.32 Å². The fraction of sp³-hybridized carbons (Fsp3) is 0.0556. The van der Waals surface area contributed by atoms with E-state index < -0.39 is 0 Å². The molecule has 1 unspecified atom stereocenters. The van der Waals surface area contributed by atoms with Crippen molar-refractivity contribution in [2.24, 2.45) is 0 Å². The molecule has 3 rings (SSSR count). The summed E-state index contributed by atoms with van der Waals surface area (Å²) in [5.74, 6) is 0. The Kier molecular flexibility index (Phi) is 4.17. The molecule has 0 fully saturated rings. The molecule has 1 N–H and O–H groups in total. The van der Waals surface area contributed by atoms with Crippen LogP contribution in [0.5, 0.6) is 0 Å². The molecule has 0 aliphatic carbocycles. The number of nitrogens with one attached hydrogen (secondary N) is 1. The van der Waals surface area contributed by atoms with Gasteiger partial charge in [0.1, 0.15) is 0 Å². The highest BCUT2D eigenvalue weighted by molar-refractivity contribution is 6.30. The number of halogens is 1. The number of benzene rings is 2. The van der Waals surface area contributed by atoms with Gasteiger partial charge in [-0.25, -0.2) is 0 Å². The van der Waals surface area contributed by atoms with Gasteiger partial charge in [-0.1, -0.05) is 48.0 Å². The molecule has 0 aliphatic heterocycles. The maximum atomic E-state index is 5.94. The molecule has 0 radical (unpaired) electrons. The summed E-state index contributed by atoms with van der Waals surface area (Å²) in [6, 6.07) is 24.0. The van der Waals surface area contributed by atoms with Crippen molar-refractivity contribution in [1.29, 1.82) is 0 Å². The number of pyridine rings is 1. The summed E-state index contributed by atoms with van der Waals surface area (Å²) in [7, 11) is 0. The molecule has 2 nitrogen and oxygen atoms in total. The average molecular weight is 295 g/mol. The number of hydrogen-bond donors (Lipinski definition) is 1. The van der Waals surface area contributed by atoms with Crippen LogP contribution in [0.3, 0.4) is 0 Å². The summed E-state index contributed by atoms with van der Waals surface area (Å²) < 4.78 is 0. The third kappa shape index (κ3) is 3.41. The molecule has 104 valence electrons. The van der Waals surface area contributed by atoms with Crippen LogP contribution in [-0.2, 0) is 0 Å². The monoisotopic (exact) mass is 294 g/mol. The second kappa shape index (κ2) is 6.42. The van der Waals surface area contributed by atoms with E-state index in [0.717, 1.165) is 16.4 Å². The van der Waals surface area contributed by atoms with E-state index in [1.165, 1.54) is 5.56 Å². The predicted octanol–water partition coefficient (Wildman–Crippen LogP) is 4.94. The van der Waals surface area contributed by atoms with Gasteiger partial charge in [-0.2, -0.15) is 0 Å². The third-order valence-corrected chi connectivity index (χ3v) is 3.52. The van der Waals surface area contributed by atoms with E-state index in [2.05, 4.69) is 22.4 Å². The summed E-state index contributed by atoms with van der Waals surface area (Å²) in [6.45, 7) is 0. The first kappa shape index (κ1) is 13.7. The van der Waals surface area contributed by atoms with E-state index in [1.54, 1.807) is 0 Å². The molecule has 3 heteroatoms. The molecule has 1 heterocycles. The lowest BCUT2D eigenvalue weighted by Crippen LogP contribution is -2.13. The minimum atomic E-state index is 0.00794. The highest BCUT2D eigenvalue weighted by atomic mass is 35.5. The lowest BCUT2D eigenvalue weighted by Gasteiger charge is -2.20. The Labute approximate surface area is 129 Å². The Morgan fingerprint density at radius 3 is 2.19 bits per heavy atom. The zero-order valence-electron chi connectivity index (χ0n) is 11.4. The van der Waals surface area contributed by atoms with E-state index in [9.17, 15) is 0 Å². The van der Waals surface area contributed by atoms with Crippen LogP contribution in [0.2, 0.25) is 5.02 Å². The quantitative estimate of drug-likeness (QED) is 0.737. The topological polar surface area (TPSA) is 24.9 Å². The van der Waals surface area contributed by atoms with Gasteiger partial charge in [0.15, 0.2) is 0 Å². The largest absolute Gasteiger partial charge is 0.373 e. The molecular formula is C18H15ClN2. The first-order chi connectivity index (χ1) is 10.3. The van der Waals surface area contributed by atoms with Crippen molar-refractivity contribution >= 4 is 17.3 Å². The van der Waals surface area contributed by atoms with Crippen LogP contribution >= 0.6 is 11.6 Å². The molecule has 1 atom stereocenters. The van der Waals surface area contributed by atoms with E-state index in [4.69, 9.17) is 11.6 Å². The Morgan fingerprint density at radius 2 is 1.52 bits per heavy atom. The minimum absolute atomic E-state index is 0.00794. The lowest BCUT2D eigenvalue weighted by atomic mass is 10.0. The van der Waals surface area contributed by atoms with Crippen LogP contribution < -0.4 is 5.32 Å². The molecule has 21 heavy (non-hydrogen) atoms. The zero-order chi connectivity index (χ0) is 14.5. The highest BCUT2D eigenvalue weighted by Crippen LogP contribution is 2.25. The molecule has 2 aromatic carbocycles. The normalized spacial score (nSPS) is 11.9. The molecule has 0 spiro atoms. The molecule has 0 saturated heterocycles. The predicted molar refractivity (Wildman–Crippen MR) is 87.6 cm³/mol. The summed E-state index contributed by atoms with van der Waals surface area (Å²) >= 11 is 5.94. The van der Waals surface area contributed by atoms with Crippen LogP contribution in [0, 0.1) is 0 Å². The summed E-state index contributed by atoms with van der Waals surface area (Å²) in [5, 5.41) is 4.25. The Morgan fingerprint density at radius 1 is 0.810 bits per heavy atom. The number of anilines is 1. The molecule has 3 aromatic rings. The van der Waals surface area contributed by atoms with Gasteiger partial charge in [0, 0.05) is 16.9 Å². The molecule has 0 amide bonds. The van der Waals surface area contributed by atoms with Gasteiger partial charge in [0.2, 0.25) is 0 Å². The van der Waals surface area contributed by atoms with Crippen molar-refractivity contribution in [3.63, 3.8) is 0 Å². The lowest BCUT2D eigenvalue weighted by molar-refractivity contribution is 0.887. The minimum Gasteiger partial charge on any atom is -0.373 e. The SMILES string of the molecule is Clc1ccc(NC(c2ccccc2)c2ccccn2)cc1. The molecule has 1 aromatic heterocycles. The highest BCUT2D eigenvalue weighted by Gasteiger charge is 2.14. The molecule has 0 saturated carbocycles. The maximum Gasteiger partial charge on any atom is 0.0940 e. The number of nitrogens with zero attached hydrogens (tertiary/aromatic N) is 1. The van der Waals surface area contributed by atoms with E-state index in [1.807, 2.05) is 66.9 Å². The van der Waals surface area contributed by atoms with Crippen LogP contribution in [0.1, 0.15) is 17.3 Å². The standard InChI is InChI=1S/C18H15ClN2/c19-15-9-11-16(12-10-15)21-18(14-6-2-1-3-7-14)17-8-4-5-13-20-17/h1-13,18,21H. The smallest absolute Gasteiger partial charge is 0.0940 e. The summed E-state index contributed by atoms with van der Waals surface area (Å²) in [4.78, 5) is 4.48. The van der Waals surface area contributed by atoms with Crippen molar-refractivity contribution in [3.8, 4) is 0 Å². The van der Waals surface area contributed by atoms with Gasteiger partial charge in [-0.3, -0.25) is 4.98 Å². The third-order valence-electron chi connectivity index (χ3n) is 3.27. The molecular weight excluding hydrogens is 280 g/mol. The van der Waals surface area contributed by atoms with Crippen LogP contribution in [-0.4, -0.2) is 4.98 Å². The second-order valence-corrected chi connectivity index (χ2v) is 5.19. The van der Waals surface area contributed by atoms with Gasteiger partial charge in [0.25, 0.3) is 0 Å². The Hall–Kier alpha value is -2.32. The Balaban J connectivity index is 1.95. The fourth-order valence-electron chi connectivity index (χ4n) is 2.23. The van der Waals surface area contributed by atoms with Gasteiger partial charge >= 0.3 is 0 Å². The van der Waals surface area contributed by atoms with E-state index in [-0.39, 0.29) is 6.04 Å². The summed E-state index contributed by atoms with van der Waals surface area (Å²) in [5.41, 5.74) is 3.17. The molecule has 0 aliphatic rings. The van der Waals surface area contributed by atoms with Crippen molar-refractivity contribution in [3.05, 3.63) is 95.3 Å².